The van der Waals surface area contributed by atoms with Gasteiger partial charge < -0.3 is 10.2 Å². The minimum Gasteiger partial charge on any atom is -0.477 e. The maximum Gasteiger partial charge on any atom is 0.357 e. The van der Waals surface area contributed by atoms with Crippen molar-refractivity contribution in [2.24, 2.45) is 5.10 Å². The minimum absolute atomic E-state index is 0.0216. The molecule has 4 N–H and O–H groups in total. The van der Waals surface area contributed by atoms with Crippen LogP contribution in [0.3, 0.4) is 0 Å². The lowest BCUT2D eigenvalue weighted by Crippen LogP contribution is -2.22. The van der Waals surface area contributed by atoms with E-state index in [1.54, 1.807) is 24.3 Å². The van der Waals surface area contributed by atoms with Crippen LogP contribution in [-0.2, 0) is 19.7 Å². The maximum atomic E-state index is 12.9. The van der Waals surface area contributed by atoms with Gasteiger partial charge in [-0.1, -0.05) is 23.8 Å². The first kappa shape index (κ1) is 26.0. The summed E-state index contributed by atoms with van der Waals surface area (Å²) in [5, 5.41) is 26.1. The number of hydrazone groups is 1. The smallest absolute Gasteiger partial charge is 0.357 e. The molecule has 2 heterocycles. The van der Waals surface area contributed by atoms with Crippen molar-refractivity contribution in [3.05, 3.63) is 93.4 Å². The van der Waals surface area contributed by atoms with Crippen LogP contribution in [-0.4, -0.2) is 56.5 Å². The van der Waals surface area contributed by atoms with Crippen molar-refractivity contribution in [3.8, 4) is 5.69 Å². The Morgan fingerprint density at radius 1 is 0.947 bits per heavy atom. The maximum absolute atomic E-state index is 12.9. The summed E-state index contributed by atoms with van der Waals surface area (Å²) in [4.78, 5) is 48.8. The highest BCUT2D eigenvalue weighted by Gasteiger charge is 2.35. The number of anilines is 1. The number of nitrogens with zero attached hydrogens (tertiary/aromatic N) is 3. The SMILES string of the molecule is Cc1ccc(-n2[nH]c(C(=O)O)c(/C=C/C=C3\C(=O)N(c4ccc(S(=O)(=O)O)cc4)N=C3C(=O)O)c2=O)cc1. The number of hydrogen-bond donors (Lipinski definition) is 4. The summed E-state index contributed by atoms with van der Waals surface area (Å²) in [6, 6.07) is 11.0. The van der Waals surface area contributed by atoms with Crippen LogP contribution in [0.4, 0.5) is 5.69 Å². The molecular weight excluding hydrogens is 520 g/mol. The molecule has 0 bridgehead atoms. The Bertz CT molecular complexity index is 1730. The molecule has 0 saturated heterocycles. The normalized spacial score (nSPS) is 14.9. The molecule has 1 aliphatic heterocycles. The number of carboxylic acids is 2. The van der Waals surface area contributed by atoms with E-state index in [0.29, 0.717) is 5.69 Å². The number of carbonyl (C=O) groups is 3. The second-order valence-electron chi connectivity index (χ2n) is 7.96. The van der Waals surface area contributed by atoms with E-state index in [1.165, 1.54) is 0 Å². The number of aromatic carboxylic acids is 1. The van der Waals surface area contributed by atoms with Gasteiger partial charge in [-0.15, -0.1) is 0 Å². The summed E-state index contributed by atoms with van der Waals surface area (Å²) in [5.74, 6) is -3.83. The first-order chi connectivity index (χ1) is 17.9. The number of aliphatic carboxylic acids is 1. The van der Waals surface area contributed by atoms with Gasteiger partial charge in [0.1, 0.15) is 0 Å². The van der Waals surface area contributed by atoms with Crippen LogP contribution in [0, 0.1) is 6.92 Å². The summed E-state index contributed by atoms with van der Waals surface area (Å²) in [6.07, 6.45) is 3.33. The van der Waals surface area contributed by atoms with Crippen LogP contribution in [0.25, 0.3) is 11.8 Å². The Kier molecular flexibility index (Phi) is 6.68. The lowest BCUT2D eigenvalue weighted by Gasteiger charge is -2.11. The number of aromatic nitrogens is 2. The number of aromatic amines is 1. The molecule has 14 heteroatoms. The Balaban J connectivity index is 1.69. The Morgan fingerprint density at radius 3 is 2.11 bits per heavy atom. The number of nitrogens with one attached hydrogen (secondary N) is 1. The molecule has 3 aromatic rings. The van der Waals surface area contributed by atoms with E-state index in [2.05, 4.69) is 10.2 Å². The monoisotopic (exact) mass is 538 g/mol. The molecule has 0 radical (unpaired) electrons. The fourth-order valence-corrected chi connectivity index (χ4v) is 4.02. The average Bonchev–Trinajstić information content (AvgIpc) is 3.36. The first-order valence-corrected chi connectivity index (χ1v) is 12.1. The van der Waals surface area contributed by atoms with Crippen molar-refractivity contribution < 1.29 is 37.6 Å². The van der Waals surface area contributed by atoms with Crippen molar-refractivity contribution >= 4 is 45.4 Å². The summed E-state index contributed by atoms with van der Waals surface area (Å²) in [7, 11) is -4.49. The average molecular weight is 538 g/mol. The second-order valence-corrected chi connectivity index (χ2v) is 9.38. The zero-order valence-corrected chi connectivity index (χ0v) is 20.2. The van der Waals surface area contributed by atoms with Gasteiger partial charge in [0, 0.05) is 0 Å². The highest BCUT2D eigenvalue weighted by atomic mass is 32.2. The number of hydrogen-bond acceptors (Lipinski definition) is 7. The van der Waals surface area contributed by atoms with Crippen LogP contribution in [0.2, 0.25) is 0 Å². The summed E-state index contributed by atoms with van der Waals surface area (Å²) in [6.45, 7) is 1.85. The van der Waals surface area contributed by atoms with Crippen LogP contribution in [0.15, 0.2) is 81.0 Å². The van der Waals surface area contributed by atoms with Crippen molar-refractivity contribution in [2.75, 3.05) is 5.01 Å². The third-order valence-corrected chi connectivity index (χ3v) is 6.29. The number of carboxylic acid groups (broad SMARTS) is 2. The van der Waals surface area contributed by atoms with Crippen molar-refractivity contribution in [3.63, 3.8) is 0 Å². The Morgan fingerprint density at radius 2 is 1.55 bits per heavy atom. The molecule has 1 aromatic heterocycles. The third kappa shape index (κ3) is 4.93. The molecule has 38 heavy (non-hydrogen) atoms. The molecule has 2 aromatic carbocycles. The van der Waals surface area contributed by atoms with E-state index in [4.69, 9.17) is 4.55 Å². The molecular formula is C24H18N4O9S. The Hall–Kier alpha value is -5.08. The van der Waals surface area contributed by atoms with Crippen molar-refractivity contribution in [1.82, 2.24) is 9.78 Å². The predicted molar refractivity (Wildman–Crippen MR) is 134 cm³/mol. The van der Waals surface area contributed by atoms with E-state index < -0.39 is 49.8 Å². The zero-order valence-electron chi connectivity index (χ0n) is 19.4. The zero-order chi connectivity index (χ0) is 27.8. The van der Waals surface area contributed by atoms with Crippen LogP contribution < -0.4 is 10.6 Å². The molecule has 1 aliphatic rings. The summed E-state index contributed by atoms with van der Waals surface area (Å²) < 4.78 is 32.6. The molecule has 1 amide bonds. The largest absolute Gasteiger partial charge is 0.477 e. The van der Waals surface area contributed by atoms with Gasteiger partial charge in [-0.2, -0.15) is 18.5 Å². The second kappa shape index (κ2) is 9.76. The molecule has 4 rings (SSSR count). The van der Waals surface area contributed by atoms with E-state index in [9.17, 15) is 37.8 Å². The molecule has 0 saturated carbocycles. The highest BCUT2D eigenvalue weighted by Crippen LogP contribution is 2.25. The van der Waals surface area contributed by atoms with Gasteiger partial charge in [0.25, 0.3) is 21.6 Å². The number of amides is 1. The molecule has 0 unspecified atom stereocenters. The highest BCUT2D eigenvalue weighted by molar-refractivity contribution is 7.85. The lowest BCUT2D eigenvalue weighted by atomic mass is 10.1. The molecule has 0 atom stereocenters. The Labute approximate surface area is 214 Å². The van der Waals surface area contributed by atoms with Crippen LogP contribution in [0.1, 0.15) is 21.6 Å². The van der Waals surface area contributed by atoms with Crippen molar-refractivity contribution in [2.45, 2.75) is 11.8 Å². The van der Waals surface area contributed by atoms with Gasteiger partial charge >= 0.3 is 11.9 Å². The van der Waals surface area contributed by atoms with Gasteiger partial charge in [-0.05, 0) is 55.5 Å². The quantitative estimate of drug-likeness (QED) is 0.256. The van der Waals surface area contributed by atoms with Gasteiger partial charge in [-0.3, -0.25) is 19.2 Å². The molecule has 0 fully saturated rings. The number of rotatable bonds is 7. The van der Waals surface area contributed by atoms with Crippen molar-refractivity contribution in [1.29, 1.82) is 0 Å². The number of benzene rings is 2. The number of allylic oxidation sites excluding steroid dienone is 2. The topological polar surface area (TPSA) is 199 Å². The van der Waals surface area contributed by atoms with Crippen LogP contribution in [0.5, 0.6) is 0 Å². The van der Waals surface area contributed by atoms with Crippen LogP contribution >= 0.6 is 0 Å². The number of aryl methyl sites for hydroxylation is 1. The third-order valence-electron chi connectivity index (χ3n) is 5.42. The van der Waals surface area contributed by atoms with Gasteiger partial charge in [0.15, 0.2) is 11.4 Å². The predicted octanol–water partition coefficient (Wildman–Crippen LogP) is 1.85. The molecule has 0 aliphatic carbocycles. The minimum atomic E-state index is -4.49. The van der Waals surface area contributed by atoms with E-state index in [1.807, 2.05) is 6.92 Å². The van der Waals surface area contributed by atoms with Gasteiger partial charge in [0.05, 0.1) is 27.4 Å². The molecule has 13 nitrogen and oxygen atoms in total. The molecule has 194 valence electrons. The van der Waals surface area contributed by atoms with Gasteiger partial charge in [0.2, 0.25) is 0 Å². The van der Waals surface area contributed by atoms with E-state index in [0.717, 1.165) is 57.7 Å². The summed E-state index contributed by atoms with van der Waals surface area (Å²) >= 11 is 0. The standard InChI is InChI=1S/C24H18N4O9S/c1-13-5-7-14(8-6-13)27-21(29)17(19(25-27)23(31)32)3-2-4-18-20(24(33)34)26-28(22(18)30)15-9-11-16(12-10-15)38(35,36)37/h2-12,25H,1H3,(H,31,32)(H,33,34)(H,35,36,37)/b3-2+,18-4-. The van der Waals surface area contributed by atoms with E-state index in [-0.39, 0.29) is 16.8 Å². The fraction of sp³-hybridized carbons (Fsp3) is 0.0417. The van der Waals surface area contributed by atoms with Gasteiger partial charge in [-0.25, -0.2) is 14.3 Å². The fourth-order valence-electron chi connectivity index (χ4n) is 3.54. The number of H-pyrrole nitrogens is 1. The molecule has 0 spiro atoms. The van der Waals surface area contributed by atoms with E-state index >= 15 is 0 Å². The number of carbonyl (C=O) groups excluding carboxylic acids is 1. The lowest BCUT2D eigenvalue weighted by molar-refractivity contribution is -0.129. The first-order valence-electron chi connectivity index (χ1n) is 10.7. The summed E-state index contributed by atoms with van der Waals surface area (Å²) in [5.41, 5.74) is -1.02.